The lowest BCUT2D eigenvalue weighted by atomic mass is 10.3. The maximum Gasteiger partial charge on any atom is 0.263 e. The lowest BCUT2D eigenvalue weighted by Crippen LogP contribution is -2.19. The van der Waals surface area contributed by atoms with Crippen LogP contribution in [0.5, 0.6) is 0 Å². The van der Waals surface area contributed by atoms with Crippen molar-refractivity contribution in [3.05, 3.63) is 90.6 Å². The van der Waals surface area contributed by atoms with E-state index >= 15 is 0 Å². The molecule has 0 aliphatic carbocycles. The first-order valence-electron chi connectivity index (χ1n) is 11.1. The molecule has 0 atom stereocenters. The van der Waals surface area contributed by atoms with Crippen LogP contribution in [0.4, 0.5) is 22.3 Å². The van der Waals surface area contributed by atoms with Crippen molar-refractivity contribution in [2.75, 3.05) is 20.1 Å². The standard InChI is InChI=1S/C24H19N7O4S4/c32-38(33,30-22-15-26-20-3-1-2-4-21(20)29-22)18-9-5-16(6-10-18)27-23(36)28-17-7-11-19(12-8-17)39(34,35)31-24-25-13-14-37-24/h1-15H,(H,25,31)(H,29,30)(H2,27,28,36). The molecule has 0 unspecified atom stereocenters. The molecule has 5 rings (SSSR count). The average Bonchev–Trinajstić information content (AvgIpc) is 3.41. The van der Waals surface area contributed by atoms with E-state index in [1.54, 1.807) is 47.8 Å². The van der Waals surface area contributed by atoms with Crippen molar-refractivity contribution in [1.29, 1.82) is 0 Å². The van der Waals surface area contributed by atoms with Crippen molar-refractivity contribution in [2.45, 2.75) is 9.79 Å². The Balaban J connectivity index is 1.19. The number of thiocarbonyl (C=S) groups is 1. The molecule has 0 saturated heterocycles. The number of hydrogen-bond acceptors (Lipinski definition) is 9. The molecule has 0 spiro atoms. The number of thiazole rings is 1. The van der Waals surface area contributed by atoms with E-state index in [4.69, 9.17) is 12.2 Å². The fourth-order valence-corrected chi connectivity index (χ4v) is 6.39. The summed E-state index contributed by atoms with van der Waals surface area (Å²) in [6.45, 7) is 0. The molecule has 3 aromatic carbocycles. The molecular weight excluding hydrogens is 579 g/mol. The van der Waals surface area contributed by atoms with Crippen LogP contribution in [-0.4, -0.2) is 36.9 Å². The third kappa shape index (κ3) is 6.46. The number of para-hydroxylation sites is 2. The first kappa shape index (κ1) is 26.4. The third-order valence-corrected chi connectivity index (χ3v) is 8.93. The molecule has 0 saturated carbocycles. The molecule has 11 nitrogen and oxygen atoms in total. The molecule has 39 heavy (non-hydrogen) atoms. The van der Waals surface area contributed by atoms with Crippen LogP contribution in [0.2, 0.25) is 0 Å². The van der Waals surface area contributed by atoms with Crippen LogP contribution in [0.1, 0.15) is 0 Å². The smallest absolute Gasteiger partial charge is 0.263 e. The molecule has 198 valence electrons. The predicted molar refractivity (Wildman–Crippen MR) is 156 cm³/mol. The third-order valence-electron chi connectivity index (χ3n) is 5.19. The van der Waals surface area contributed by atoms with Gasteiger partial charge in [-0.05, 0) is 72.9 Å². The highest BCUT2D eigenvalue weighted by Crippen LogP contribution is 2.21. The summed E-state index contributed by atoms with van der Waals surface area (Å²) in [5.41, 5.74) is 2.33. The molecule has 0 amide bonds. The number of nitrogens with zero attached hydrogens (tertiary/aromatic N) is 3. The second-order valence-corrected chi connectivity index (χ2v) is 12.6. The Hall–Kier alpha value is -4.18. The summed E-state index contributed by atoms with van der Waals surface area (Å²) in [5.74, 6) is 0.110. The average molecular weight is 598 g/mol. The van der Waals surface area contributed by atoms with E-state index in [2.05, 4.69) is 35.0 Å². The Bertz CT molecular complexity index is 1850. The minimum atomic E-state index is -3.89. The molecule has 0 bridgehead atoms. The number of sulfonamides is 2. The second-order valence-electron chi connectivity index (χ2n) is 7.92. The molecule has 5 aromatic rings. The molecular formula is C24H19N7O4S4. The molecule has 0 aliphatic rings. The SMILES string of the molecule is O=S(=O)(Nc1cnc2ccccc2n1)c1ccc(NC(=S)Nc2ccc(S(=O)(=O)Nc3nccs3)cc2)cc1. The van der Waals surface area contributed by atoms with Crippen molar-refractivity contribution < 1.29 is 16.8 Å². The lowest BCUT2D eigenvalue weighted by Gasteiger charge is -2.12. The lowest BCUT2D eigenvalue weighted by molar-refractivity contribution is 0.599. The number of benzene rings is 3. The van der Waals surface area contributed by atoms with Gasteiger partial charge in [-0.2, -0.15) is 0 Å². The van der Waals surface area contributed by atoms with Gasteiger partial charge in [0.05, 0.1) is 27.0 Å². The summed E-state index contributed by atoms with van der Waals surface area (Å²) in [5, 5.41) is 8.09. The first-order chi connectivity index (χ1) is 18.7. The normalized spacial score (nSPS) is 11.6. The zero-order valence-electron chi connectivity index (χ0n) is 19.8. The second kappa shape index (κ2) is 10.9. The topological polar surface area (TPSA) is 155 Å². The molecule has 0 radical (unpaired) electrons. The maximum atomic E-state index is 12.8. The molecule has 0 fully saturated rings. The largest absolute Gasteiger partial charge is 0.332 e. The van der Waals surface area contributed by atoms with E-state index in [0.29, 0.717) is 22.4 Å². The van der Waals surface area contributed by atoms with Crippen LogP contribution in [0, 0.1) is 0 Å². The number of hydrogen-bond donors (Lipinski definition) is 4. The summed E-state index contributed by atoms with van der Waals surface area (Å²) in [6.07, 6.45) is 2.87. The Morgan fingerprint density at radius 3 is 1.85 bits per heavy atom. The van der Waals surface area contributed by atoms with Gasteiger partial charge in [0.2, 0.25) is 0 Å². The van der Waals surface area contributed by atoms with Gasteiger partial charge in [-0.1, -0.05) is 12.1 Å². The fourth-order valence-electron chi connectivity index (χ4n) is 3.38. The zero-order valence-corrected chi connectivity index (χ0v) is 23.0. The van der Waals surface area contributed by atoms with Gasteiger partial charge in [0.1, 0.15) is 0 Å². The van der Waals surface area contributed by atoms with Crippen molar-refractivity contribution in [3.8, 4) is 0 Å². The Morgan fingerprint density at radius 1 is 0.718 bits per heavy atom. The van der Waals surface area contributed by atoms with Gasteiger partial charge in [-0.25, -0.2) is 26.8 Å². The van der Waals surface area contributed by atoms with E-state index in [1.807, 2.05) is 6.07 Å². The number of fused-ring (bicyclic) bond motifs is 1. The van der Waals surface area contributed by atoms with Crippen LogP contribution in [0.25, 0.3) is 11.0 Å². The highest BCUT2D eigenvalue weighted by atomic mass is 32.2. The molecule has 0 aliphatic heterocycles. The van der Waals surface area contributed by atoms with Gasteiger partial charge in [0.15, 0.2) is 16.1 Å². The number of rotatable bonds is 8. The van der Waals surface area contributed by atoms with Crippen LogP contribution in [-0.2, 0) is 20.0 Å². The highest BCUT2D eigenvalue weighted by molar-refractivity contribution is 7.93. The van der Waals surface area contributed by atoms with Crippen LogP contribution >= 0.6 is 23.6 Å². The Kier molecular flexibility index (Phi) is 7.38. The van der Waals surface area contributed by atoms with E-state index in [-0.39, 0.29) is 25.9 Å². The molecule has 2 aromatic heterocycles. The minimum Gasteiger partial charge on any atom is -0.332 e. The van der Waals surface area contributed by atoms with Crippen LogP contribution in [0.15, 0.2) is 100 Å². The number of nitrogens with one attached hydrogen (secondary N) is 4. The van der Waals surface area contributed by atoms with Crippen molar-refractivity contribution in [2.24, 2.45) is 0 Å². The molecule has 15 heteroatoms. The number of anilines is 4. The van der Waals surface area contributed by atoms with Crippen molar-refractivity contribution >= 4 is 82.1 Å². The van der Waals surface area contributed by atoms with Crippen LogP contribution < -0.4 is 20.1 Å². The van der Waals surface area contributed by atoms with Crippen molar-refractivity contribution in [1.82, 2.24) is 15.0 Å². The zero-order chi connectivity index (χ0) is 27.5. The van der Waals surface area contributed by atoms with Gasteiger partial charge in [-0.15, -0.1) is 11.3 Å². The Morgan fingerprint density at radius 2 is 1.28 bits per heavy atom. The van der Waals surface area contributed by atoms with Gasteiger partial charge < -0.3 is 10.6 Å². The summed E-state index contributed by atoms with van der Waals surface area (Å²) < 4.78 is 55.4. The van der Waals surface area contributed by atoms with Gasteiger partial charge in [0.25, 0.3) is 20.0 Å². The Labute approximate surface area is 233 Å². The monoisotopic (exact) mass is 597 g/mol. The van der Waals surface area contributed by atoms with Gasteiger partial charge >= 0.3 is 0 Å². The maximum absolute atomic E-state index is 12.8. The summed E-state index contributed by atoms with van der Waals surface area (Å²) >= 11 is 6.51. The van der Waals surface area contributed by atoms with E-state index < -0.39 is 20.0 Å². The minimum absolute atomic E-state index is 0.0324. The highest BCUT2D eigenvalue weighted by Gasteiger charge is 2.17. The van der Waals surface area contributed by atoms with Gasteiger partial charge in [0, 0.05) is 23.0 Å². The quantitative estimate of drug-likeness (QED) is 0.188. The van der Waals surface area contributed by atoms with E-state index in [0.717, 1.165) is 0 Å². The summed E-state index contributed by atoms with van der Waals surface area (Å²) in [7, 11) is -7.66. The predicted octanol–water partition coefficient (Wildman–Crippen LogP) is 4.50. The molecule has 4 N–H and O–H groups in total. The van der Waals surface area contributed by atoms with Crippen LogP contribution in [0.3, 0.4) is 0 Å². The van der Waals surface area contributed by atoms with Gasteiger partial charge in [-0.3, -0.25) is 14.4 Å². The fraction of sp³-hybridized carbons (Fsp3) is 0. The summed E-state index contributed by atoms with van der Waals surface area (Å²) in [6, 6.07) is 19.1. The molecule has 2 heterocycles. The van der Waals surface area contributed by atoms with Crippen molar-refractivity contribution in [3.63, 3.8) is 0 Å². The summed E-state index contributed by atoms with van der Waals surface area (Å²) in [4.78, 5) is 12.5. The van der Waals surface area contributed by atoms with E-state index in [1.165, 1.54) is 48.0 Å². The van der Waals surface area contributed by atoms with E-state index in [9.17, 15) is 16.8 Å². The number of aromatic nitrogens is 3. The first-order valence-corrected chi connectivity index (χ1v) is 15.4.